The maximum absolute atomic E-state index is 10.7. The summed E-state index contributed by atoms with van der Waals surface area (Å²) in [5, 5.41) is 0. The zero-order valence-electron chi connectivity index (χ0n) is 7.31. The minimum absolute atomic E-state index is 0. The fourth-order valence-corrected chi connectivity index (χ4v) is 2.15. The summed E-state index contributed by atoms with van der Waals surface area (Å²) in [5.41, 5.74) is 8.09. The predicted molar refractivity (Wildman–Crippen MR) is 51.2 cm³/mol. The molecule has 1 amide bonds. The van der Waals surface area contributed by atoms with Gasteiger partial charge in [0.1, 0.15) is 4.70 Å². The van der Waals surface area contributed by atoms with Crippen LogP contribution in [0.1, 0.15) is 0 Å². The SMILES string of the molecule is NC(=O)C[n+]1csc2ccccc21.[Cl-]. The number of halogens is 1. The first-order valence-electron chi connectivity index (χ1n) is 3.91. The highest BCUT2D eigenvalue weighted by Gasteiger charge is 2.12. The maximum atomic E-state index is 10.7. The molecule has 2 rings (SSSR count). The van der Waals surface area contributed by atoms with Crippen LogP contribution in [0.25, 0.3) is 10.2 Å². The van der Waals surface area contributed by atoms with E-state index in [4.69, 9.17) is 5.73 Å². The molecule has 5 heteroatoms. The van der Waals surface area contributed by atoms with Gasteiger partial charge in [-0.25, -0.2) is 0 Å². The number of primary amides is 1. The van der Waals surface area contributed by atoms with Gasteiger partial charge in [0.05, 0.1) is 0 Å². The van der Waals surface area contributed by atoms with Crippen molar-refractivity contribution in [3.8, 4) is 0 Å². The molecule has 0 aliphatic heterocycles. The highest BCUT2D eigenvalue weighted by atomic mass is 35.5. The number of carbonyl (C=O) groups is 1. The number of fused-ring (bicyclic) bond motifs is 1. The molecular weight excluding hydrogens is 220 g/mol. The molecule has 2 N–H and O–H groups in total. The van der Waals surface area contributed by atoms with E-state index in [9.17, 15) is 4.79 Å². The number of thiazole rings is 1. The predicted octanol–water partition coefficient (Wildman–Crippen LogP) is -2.32. The van der Waals surface area contributed by atoms with Crippen LogP contribution < -0.4 is 22.7 Å². The number of rotatable bonds is 2. The van der Waals surface area contributed by atoms with E-state index in [0.29, 0.717) is 0 Å². The van der Waals surface area contributed by atoms with Crippen molar-refractivity contribution in [3.05, 3.63) is 29.8 Å². The number of hydrogen-bond donors (Lipinski definition) is 1. The molecule has 0 saturated heterocycles. The maximum Gasteiger partial charge on any atom is 0.283 e. The van der Waals surface area contributed by atoms with Crippen LogP contribution in [-0.4, -0.2) is 5.91 Å². The van der Waals surface area contributed by atoms with Gasteiger partial charge in [-0.05, 0) is 6.07 Å². The van der Waals surface area contributed by atoms with E-state index >= 15 is 0 Å². The Kier molecular flexibility index (Phi) is 3.43. The molecule has 0 aliphatic carbocycles. The standard InChI is InChI=1S/C9H8N2OS.ClH/c10-9(12)5-11-6-13-8-4-2-1-3-7(8)11;/h1-4,6H,5H2,(H-,10,12);1H. The minimum atomic E-state index is -0.312. The van der Waals surface area contributed by atoms with Crippen molar-refractivity contribution in [3.63, 3.8) is 0 Å². The van der Waals surface area contributed by atoms with E-state index in [1.54, 1.807) is 11.3 Å². The van der Waals surface area contributed by atoms with Gasteiger partial charge in [-0.1, -0.05) is 23.5 Å². The average Bonchev–Trinajstić information content (AvgIpc) is 2.48. The summed E-state index contributed by atoms with van der Waals surface area (Å²) in [7, 11) is 0. The lowest BCUT2D eigenvalue weighted by atomic mass is 10.3. The number of amides is 1. The molecule has 0 atom stereocenters. The number of hydrogen-bond acceptors (Lipinski definition) is 2. The van der Waals surface area contributed by atoms with Crippen molar-refractivity contribution >= 4 is 27.5 Å². The minimum Gasteiger partial charge on any atom is -1.00 e. The summed E-state index contributed by atoms with van der Waals surface area (Å²) < 4.78 is 3.03. The van der Waals surface area contributed by atoms with Crippen molar-refractivity contribution in [2.75, 3.05) is 0 Å². The largest absolute Gasteiger partial charge is 1.00 e. The first-order chi connectivity index (χ1) is 6.27. The summed E-state index contributed by atoms with van der Waals surface area (Å²) in [6.45, 7) is 0.254. The van der Waals surface area contributed by atoms with Crippen LogP contribution in [-0.2, 0) is 11.3 Å². The fraction of sp³-hybridized carbons (Fsp3) is 0.111. The Morgan fingerprint density at radius 3 is 2.86 bits per heavy atom. The Morgan fingerprint density at radius 2 is 2.14 bits per heavy atom. The Morgan fingerprint density at radius 1 is 1.43 bits per heavy atom. The van der Waals surface area contributed by atoms with E-state index in [1.165, 1.54) is 4.70 Å². The first kappa shape index (κ1) is 10.9. The van der Waals surface area contributed by atoms with Crippen molar-refractivity contribution < 1.29 is 21.8 Å². The van der Waals surface area contributed by atoms with Gasteiger partial charge < -0.3 is 18.1 Å². The molecule has 0 spiro atoms. The van der Waals surface area contributed by atoms with Gasteiger partial charge >= 0.3 is 0 Å². The van der Waals surface area contributed by atoms with Gasteiger partial charge in [-0.3, -0.25) is 4.79 Å². The lowest BCUT2D eigenvalue weighted by Gasteiger charge is -1.88. The topological polar surface area (TPSA) is 47.0 Å². The van der Waals surface area contributed by atoms with Crippen molar-refractivity contribution in [1.29, 1.82) is 0 Å². The van der Waals surface area contributed by atoms with Gasteiger partial charge in [0, 0.05) is 6.07 Å². The smallest absolute Gasteiger partial charge is 0.283 e. The number of nitrogens with two attached hydrogens (primary N) is 1. The van der Waals surface area contributed by atoms with Crippen LogP contribution in [0, 0.1) is 0 Å². The fourth-order valence-electron chi connectivity index (χ4n) is 1.26. The molecular formula is C9H9ClN2OS. The van der Waals surface area contributed by atoms with Crippen molar-refractivity contribution in [2.45, 2.75) is 6.54 Å². The van der Waals surface area contributed by atoms with Crippen LogP contribution in [0.4, 0.5) is 0 Å². The second-order valence-corrected chi connectivity index (χ2v) is 3.67. The van der Waals surface area contributed by atoms with Gasteiger partial charge in [0.25, 0.3) is 5.91 Å². The number of nitrogens with zero attached hydrogens (tertiary/aromatic N) is 1. The summed E-state index contributed by atoms with van der Waals surface area (Å²) in [5.74, 6) is -0.312. The van der Waals surface area contributed by atoms with Gasteiger partial charge in [-0.2, -0.15) is 4.57 Å². The second kappa shape index (κ2) is 4.39. The Labute approximate surface area is 91.6 Å². The highest BCUT2D eigenvalue weighted by Crippen LogP contribution is 2.14. The van der Waals surface area contributed by atoms with Crippen molar-refractivity contribution in [2.24, 2.45) is 5.73 Å². The van der Waals surface area contributed by atoms with Crippen LogP contribution in [0.5, 0.6) is 0 Å². The summed E-state index contributed by atoms with van der Waals surface area (Å²) >= 11 is 1.61. The molecule has 0 radical (unpaired) electrons. The molecule has 0 unspecified atom stereocenters. The van der Waals surface area contributed by atoms with E-state index < -0.39 is 0 Å². The van der Waals surface area contributed by atoms with Gasteiger partial charge in [0.2, 0.25) is 17.6 Å². The summed E-state index contributed by atoms with van der Waals surface area (Å²) in [6, 6.07) is 7.94. The zero-order chi connectivity index (χ0) is 9.26. The molecule has 0 saturated carbocycles. The lowest BCUT2D eigenvalue weighted by Crippen LogP contribution is -3.00. The number of aromatic nitrogens is 1. The molecule has 0 aliphatic rings. The molecule has 0 fully saturated rings. The molecule has 74 valence electrons. The monoisotopic (exact) mass is 228 g/mol. The molecule has 1 aromatic carbocycles. The third kappa shape index (κ3) is 2.02. The Hall–Kier alpha value is -1.13. The Bertz CT molecular complexity index is 455. The molecule has 14 heavy (non-hydrogen) atoms. The summed E-state index contributed by atoms with van der Waals surface area (Å²) in [4.78, 5) is 10.7. The van der Waals surface area contributed by atoms with E-state index in [0.717, 1.165) is 5.52 Å². The third-order valence-electron chi connectivity index (χ3n) is 1.81. The average molecular weight is 229 g/mol. The van der Waals surface area contributed by atoms with Crippen LogP contribution in [0.3, 0.4) is 0 Å². The van der Waals surface area contributed by atoms with Crippen LogP contribution >= 0.6 is 11.3 Å². The zero-order valence-corrected chi connectivity index (χ0v) is 8.89. The van der Waals surface area contributed by atoms with Gasteiger partial charge in [0.15, 0.2) is 0 Å². The molecule has 3 nitrogen and oxygen atoms in total. The quantitative estimate of drug-likeness (QED) is 0.577. The van der Waals surface area contributed by atoms with Gasteiger partial charge in [-0.15, -0.1) is 0 Å². The highest BCUT2D eigenvalue weighted by molar-refractivity contribution is 7.16. The molecule has 2 aromatic rings. The third-order valence-corrected chi connectivity index (χ3v) is 2.77. The first-order valence-corrected chi connectivity index (χ1v) is 4.79. The van der Waals surface area contributed by atoms with E-state index in [-0.39, 0.29) is 24.9 Å². The molecule has 0 bridgehead atoms. The summed E-state index contributed by atoms with van der Waals surface area (Å²) in [6.07, 6.45) is 0. The van der Waals surface area contributed by atoms with E-state index in [2.05, 4.69) is 0 Å². The molecule has 1 heterocycles. The van der Waals surface area contributed by atoms with Crippen LogP contribution in [0.2, 0.25) is 0 Å². The van der Waals surface area contributed by atoms with Crippen molar-refractivity contribution in [1.82, 2.24) is 0 Å². The lowest BCUT2D eigenvalue weighted by molar-refractivity contribution is -0.653. The normalized spacial score (nSPS) is 9.71. The second-order valence-electron chi connectivity index (χ2n) is 2.79. The number of para-hydroxylation sites is 1. The van der Waals surface area contributed by atoms with E-state index in [1.807, 2.05) is 34.3 Å². The number of benzene rings is 1. The van der Waals surface area contributed by atoms with Crippen LogP contribution in [0.15, 0.2) is 29.8 Å². The molecule has 1 aromatic heterocycles. The Balaban J connectivity index is 0.000000980. The number of carbonyl (C=O) groups excluding carboxylic acids is 1.